The van der Waals surface area contributed by atoms with Crippen LogP contribution < -0.4 is 4.74 Å². The monoisotopic (exact) mass is 285 g/mol. The van der Waals surface area contributed by atoms with Crippen molar-refractivity contribution in [3.63, 3.8) is 0 Å². The van der Waals surface area contributed by atoms with Crippen LogP contribution in [0, 0.1) is 29.6 Å². The van der Waals surface area contributed by atoms with Gasteiger partial charge < -0.3 is 4.74 Å². The molecular weight excluding hydrogens is 262 g/mol. The first-order valence-corrected chi connectivity index (χ1v) is 7.48. The Balaban J connectivity index is 2.32. The number of nitrogens with zero attached hydrogens (tertiary/aromatic N) is 1. The molecule has 0 spiro atoms. The minimum atomic E-state index is -0.693. The van der Waals surface area contributed by atoms with Crippen LogP contribution >= 0.6 is 0 Å². The SMILES string of the molecule is COc1cc(C(C#N)C(=O)C2CCCC2(C)C)ccc1C. The van der Waals surface area contributed by atoms with E-state index in [0.717, 1.165) is 36.1 Å². The summed E-state index contributed by atoms with van der Waals surface area (Å²) in [5.74, 6) is 0.0773. The summed E-state index contributed by atoms with van der Waals surface area (Å²) < 4.78 is 5.31. The lowest BCUT2D eigenvalue weighted by molar-refractivity contribution is -0.125. The van der Waals surface area contributed by atoms with Crippen LogP contribution in [0.5, 0.6) is 5.75 Å². The fourth-order valence-corrected chi connectivity index (χ4v) is 3.37. The van der Waals surface area contributed by atoms with Gasteiger partial charge in [0.05, 0.1) is 13.2 Å². The lowest BCUT2D eigenvalue weighted by Gasteiger charge is -2.27. The van der Waals surface area contributed by atoms with Crippen molar-refractivity contribution in [3.8, 4) is 11.8 Å². The molecule has 0 aromatic heterocycles. The molecule has 2 unspecified atom stereocenters. The average molecular weight is 285 g/mol. The Labute approximate surface area is 126 Å². The van der Waals surface area contributed by atoms with Gasteiger partial charge in [-0.05, 0) is 42.4 Å². The van der Waals surface area contributed by atoms with E-state index in [1.807, 2.05) is 25.1 Å². The number of ketones is 1. The third-order valence-electron chi connectivity index (χ3n) is 4.78. The fourth-order valence-electron chi connectivity index (χ4n) is 3.37. The normalized spacial score (nSPS) is 21.6. The van der Waals surface area contributed by atoms with Crippen molar-refractivity contribution in [2.24, 2.45) is 11.3 Å². The Morgan fingerprint density at radius 3 is 2.71 bits per heavy atom. The van der Waals surface area contributed by atoms with Crippen molar-refractivity contribution in [3.05, 3.63) is 29.3 Å². The second kappa shape index (κ2) is 5.89. The molecule has 0 aliphatic heterocycles. The minimum Gasteiger partial charge on any atom is -0.496 e. The third kappa shape index (κ3) is 2.95. The highest BCUT2D eigenvalue weighted by Crippen LogP contribution is 2.45. The molecular formula is C18H23NO2. The molecule has 1 fully saturated rings. The number of Topliss-reactive ketones (excluding diaryl/α,β-unsaturated/α-hetero) is 1. The van der Waals surface area contributed by atoms with E-state index in [2.05, 4.69) is 19.9 Å². The molecule has 0 bridgehead atoms. The van der Waals surface area contributed by atoms with Crippen LogP contribution in [0.1, 0.15) is 50.2 Å². The Morgan fingerprint density at radius 1 is 1.48 bits per heavy atom. The van der Waals surface area contributed by atoms with Crippen LogP contribution in [-0.2, 0) is 4.79 Å². The number of aryl methyl sites for hydroxylation is 1. The summed E-state index contributed by atoms with van der Waals surface area (Å²) in [6, 6.07) is 7.80. The van der Waals surface area contributed by atoms with Gasteiger partial charge in [-0.3, -0.25) is 4.79 Å². The average Bonchev–Trinajstić information content (AvgIpc) is 2.80. The van der Waals surface area contributed by atoms with Gasteiger partial charge in [-0.1, -0.05) is 32.4 Å². The molecule has 0 heterocycles. The number of nitriles is 1. The minimum absolute atomic E-state index is 0.000959. The molecule has 3 heteroatoms. The summed E-state index contributed by atoms with van der Waals surface area (Å²) in [5.41, 5.74) is 1.75. The van der Waals surface area contributed by atoms with E-state index in [1.54, 1.807) is 7.11 Å². The first-order valence-electron chi connectivity index (χ1n) is 7.48. The molecule has 2 rings (SSSR count). The number of hydrogen-bond donors (Lipinski definition) is 0. The van der Waals surface area contributed by atoms with Crippen molar-refractivity contribution >= 4 is 5.78 Å². The number of carbonyl (C=O) groups excluding carboxylic acids is 1. The number of carbonyl (C=O) groups is 1. The molecule has 112 valence electrons. The molecule has 1 aliphatic carbocycles. The second-order valence-corrected chi connectivity index (χ2v) is 6.63. The Bertz CT molecular complexity index is 583. The van der Waals surface area contributed by atoms with E-state index in [9.17, 15) is 10.1 Å². The van der Waals surface area contributed by atoms with Crippen molar-refractivity contribution in [1.82, 2.24) is 0 Å². The zero-order valence-electron chi connectivity index (χ0n) is 13.3. The molecule has 0 amide bonds. The maximum absolute atomic E-state index is 12.8. The first kappa shape index (κ1) is 15.6. The molecule has 21 heavy (non-hydrogen) atoms. The van der Waals surface area contributed by atoms with Gasteiger partial charge in [-0.25, -0.2) is 0 Å². The number of hydrogen-bond acceptors (Lipinski definition) is 3. The number of methoxy groups -OCH3 is 1. The van der Waals surface area contributed by atoms with Gasteiger partial charge in [0.1, 0.15) is 11.7 Å². The Hall–Kier alpha value is -1.82. The third-order valence-corrected chi connectivity index (χ3v) is 4.78. The van der Waals surface area contributed by atoms with Crippen molar-refractivity contribution < 1.29 is 9.53 Å². The lowest BCUT2D eigenvalue weighted by atomic mass is 9.75. The van der Waals surface area contributed by atoms with Gasteiger partial charge in [0.2, 0.25) is 0 Å². The summed E-state index contributed by atoms with van der Waals surface area (Å²) in [6.07, 6.45) is 3.02. The smallest absolute Gasteiger partial charge is 0.158 e. The first-order chi connectivity index (χ1) is 9.90. The number of benzene rings is 1. The van der Waals surface area contributed by atoms with Gasteiger partial charge in [-0.2, -0.15) is 5.26 Å². The summed E-state index contributed by atoms with van der Waals surface area (Å²) in [7, 11) is 1.61. The Morgan fingerprint density at radius 2 is 2.19 bits per heavy atom. The summed E-state index contributed by atoms with van der Waals surface area (Å²) in [4.78, 5) is 12.8. The zero-order chi connectivity index (χ0) is 15.6. The molecule has 1 saturated carbocycles. The summed E-state index contributed by atoms with van der Waals surface area (Å²) in [6.45, 7) is 6.21. The van der Waals surface area contributed by atoms with E-state index >= 15 is 0 Å². The van der Waals surface area contributed by atoms with Gasteiger partial charge in [-0.15, -0.1) is 0 Å². The molecule has 1 aliphatic rings. The van der Waals surface area contributed by atoms with Crippen molar-refractivity contribution in [2.45, 2.75) is 46.0 Å². The van der Waals surface area contributed by atoms with E-state index in [-0.39, 0.29) is 17.1 Å². The van der Waals surface area contributed by atoms with E-state index in [0.29, 0.717) is 0 Å². The molecule has 0 radical (unpaired) electrons. The zero-order valence-corrected chi connectivity index (χ0v) is 13.3. The molecule has 1 aromatic carbocycles. The molecule has 3 nitrogen and oxygen atoms in total. The predicted octanol–water partition coefficient (Wildman–Crippen LogP) is 4.01. The van der Waals surface area contributed by atoms with Gasteiger partial charge in [0.15, 0.2) is 5.78 Å². The highest BCUT2D eigenvalue weighted by molar-refractivity contribution is 5.91. The standard InChI is InChI=1S/C18H23NO2/c1-12-7-8-13(10-16(12)21-4)14(11-19)17(20)15-6-5-9-18(15,2)3/h7-8,10,14-15H,5-6,9H2,1-4H3. The van der Waals surface area contributed by atoms with Gasteiger partial charge in [0.25, 0.3) is 0 Å². The summed E-state index contributed by atoms with van der Waals surface area (Å²) >= 11 is 0. The summed E-state index contributed by atoms with van der Waals surface area (Å²) in [5, 5.41) is 9.50. The molecule has 2 atom stereocenters. The lowest BCUT2D eigenvalue weighted by Crippen LogP contribution is -2.29. The predicted molar refractivity (Wildman–Crippen MR) is 82.2 cm³/mol. The van der Waals surface area contributed by atoms with Crippen molar-refractivity contribution in [2.75, 3.05) is 7.11 Å². The van der Waals surface area contributed by atoms with Crippen LogP contribution in [0.2, 0.25) is 0 Å². The topological polar surface area (TPSA) is 50.1 Å². The second-order valence-electron chi connectivity index (χ2n) is 6.63. The van der Waals surface area contributed by atoms with Crippen LogP contribution in [-0.4, -0.2) is 12.9 Å². The van der Waals surface area contributed by atoms with E-state index < -0.39 is 5.92 Å². The highest BCUT2D eigenvalue weighted by Gasteiger charge is 2.42. The van der Waals surface area contributed by atoms with Crippen LogP contribution in [0.25, 0.3) is 0 Å². The largest absolute Gasteiger partial charge is 0.496 e. The van der Waals surface area contributed by atoms with Crippen LogP contribution in [0.4, 0.5) is 0 Å². The van der Waals surface area contributed by atoms with Gasteiger partial charge >= 0.3 is 0 Å². The quantitative estimate of drug-likeness (QED) is 0.840. The molecule has 0 saturated heterocycles. The van der Waals surface area contributed by atoms with E-state index in [1.165, 1.54) is 0 Å². The van der Waals surface area contributed by atoms with Crippen molar-refractivity contribution in [1.29, 1.82) is 5.26 Å². The maximum Gasteiger partial charge on any atom is 0.158 e. The van der Waals surface area contributed by atoms with Gasteiger partial charge in [0, 0.05) is 5.92 Å². The van der Waals surface area contributed by atoms with Crippen LogP contribution in [0.3, 0.4) is 0 Å². The number of ether oxygens (including phenoxy) is 1. The molecule has 1 aromatic rings. The highest BCUT2D eigenvalue weighted by atomic mass is 16.5. The van der Waals surface area contributed by atoms with E-state index in [4.69, 9.17) is 4.74 Å². The number of rotatable bonds is 4. The molecule has 0 N–H and O–H groups in total. The Kier molecular flexibility index (Phi) is 4.37. The van der Waals surface area contributed by atoms with Crippen LogP contribution in [0.15, 0.2) is 18.2 Å². The fraction of sp³-hybridized carbons (Fsp3) is 0.556. The maximum atomic E-state index is 12.8.